The van der Waals surface area contributed by atoms with E-state index in [0.717, 1.165) is 25.3 Å². The van der Waals surface area contributed by atoms with Gasteiger partial charge in [0.25, 0.3) is 5.91 Å². The molecule has 1 N–H and O–H groups in total. The molecule has 0 aliphatic heterocycles. The lowest BCUT2D eigenvalue weighted by molar-refractivity contribution is -0.118. The van der Waals surface area contributed by atoms with Crippen LogP contribution in [0.25, 0.3) is 0 Å². The van der Waals surface area contributed by atoms with Crippen LogP contribution in [0.2, 0.25) is 10.0 Å². The molecule has 2 aromatic rings. The normalized spacial score (nSPS) is 10.8. The fraction of sp³-hybridized carbons (Fsp3) is 0.316. The molecular formula is C19H22Cl2N2O2. The van der Waals surface area contributed by atoms with Crippen LogP contribution in [-0.2, 0) is 11.3 Å². The van der Waals surface area contributed by atoms with Crippen LogP contribution in [0.5, 0.6) is 5.75 Å². The van der Waals surface area contributed by atoms with E-state index >= 15 is 0 Å². The average molecular weight is 381 g/mol. The highest BCUT2D eigenvalue weighted by atomic mass is 35.5. The van der Waals surface area contributed by atoms with Crippen molar-refractivity contribution < 1.29 is 9.53 Å². The fourth-order valence-electron chi connectivity index (χ4n) is 2.33. The molecule has 0 saturated carbocycles. The molecule has 2 rings (SSSR count). The van der Waals surface area contributed by atoms with Crippen molar-refractivity contribution in [3.8, 4) is 5.75 Å². The standard InChI is InChI=1S/C19H22Cl2N2O2/c1-3-23(4-2)12-14-5-8-16(9-6-14)22-19(24)13-25-18-10-7-15(20)11-17(18)21/h5-11H,3-4,12-13H2,1-2H3,(H,22,24). The summed E-state index contributed by atoms with van der Waals surface area (Å²) >= 11 is 11.8. The Morgan fingerprint density at radius 2 is 1.76 bits per heavy atom. The molecule has 0 aliphatic carbocycles. The number of hydrogen-bond donors (Lipinski definition) is 1. The van der Waals surface area contributed by atoms with Gasteiger partial charge in [-0.15, -0.1) is 0 Å². The van der Waals surface area contributed by atoms with Gasteiger partial charge >= 0.3 is 0 Å². The Bertz CT molecular complexity index is 701. The lowest BCUT2D eigenvalue weighted by Gasteiger charge is -2.18. The summed E-state index contributed by atoms with van der Waals surface area (Å²) in [5.41, 5.74) is 1.95. The molecule has 0 bridgehead atoms. The molecule has 1 amide bonds. The maximum Gasteiger partial charge on any atom is 0.262 e. The smallest absolute Gasteiger partial charge is 0.262 e. The Hall–Kier alpha value is -1.75. The number of carbonyl (C=O) groups is 1. The lowest BCUT2D eigenvalue weighted by atomic mass is 10.2. The Morgan fingerprint density at radius 1 is 1.08 bits per heavy atom. The third-order valence-electron chi connectivity index (χ3n) is 3.79. The van der Waals surface area contributed by atoms with Crippen LogP contribution in [-0.4, -0.2) is 30.5 Å². The summed E-state index contributed by atoms with van der Waals surface area (Å²) in [4.78, 5) is 14.3. The number of amides is 1. The molecule has 0 aromatic heterocycles. The molecule has 0 saturated heterocycles. The van der Waals surface area contributed by atoms with E-state index in [1.54, 1.807) is 18.2 Å². The van der Waals surface area contributed by atoms with Crippen molar-refractivity contribution in [3.63, 3.8) is 0 Å². The molecule has 0 fully saturated rings. The van der Waals surface area contributed by atoms with Gasteiger partial charge in [-0.05, 0) is 49.0 Å². The Balaban J connectivity index is 1.85. The highest BCUT2D eigenvalue weighted by Gasteiger charge is 2.07. The van der Waals surface area contributed by atoms with Gasteiger partial charge in [0.2, 0.25) is 0 Å². The van der Waals surface area contributed by atoms with E-state index < -0.39 is 0 Å². The molecular weight excluding hydrogens is 359 g/mol. The number of benzene rings is 2. The third kappa shape index (κ3) is 6.24. The van der Waals surface area contributed by atoms with Gasteiger partial charge in [-0.3, -0.25) is 9.69 Å². The molecule has 4 nitrogen and oxygen atoms in total. The van der Waals surface area contributed by atoms with Crippen LogP contribution in [0, 0.1) is 0 Å². The summed E-state index contributed by atoms with van der Waals surface area (Å²) in [5.74, 6) is 0.179. The zero-order chi connectivity index (χ0) is 18.2. The third-order valence-corrected chi connectivity index (χ3v) is 4.32. The predicted octanol–water partition coefficient (Wildman–Crippen LogP) is 4.85. The predicted molar refractivity (Wildman–Crippen MR) is 104 cm³/mol. The summed E-state index contributed by atoms with van der Waals surface area (Å²) in [6.45, 7) is 7.09. The monoisotopic (exact) mass is 380 g/mol. The van der Waals surface area contributed by atoms with E-state index in [-0.39, 0.29) is 12.5 Å². The molecule has 0 unspecified atom stereocenters. The van der Waals surface area contributed by atoms with E-state index in [2.05, 4.69) is 24.1 Å². The molecule has 2 aromatic carbocycles. The van der Waals surface area contributed by atoms with Crippen molar-refractivity contribution >= 4 is 34.8 Å². The van der Waals surface area contributed by atoms with Crippen LogP contribution in [0.4, 0.5) is 5.69 Å². The van der Waals surface area contributed by atoms with Crippen molar-refractivity contribution in [2.45, 2.75) is 20.4 Å². The Kier molecular flexibility index (Phi) is 7.56. The van der Waals surface area contributed by atoms with Gasteiger partial charge in [-0.25, -0.2) is 0 Å². The minimum atomic E-state index is -0.248. The fourth-order valence-corrected chi connectivity index (χ4v) is 2.79. The lowest BCUT2D eigenvalue weighted by Crippen LogP contribution is -2.22. The van der Waals surface area contributed by atoms with E-state index in [1.807, 2.05) is 24.3 Å². The quantitative estimate of drug-likeness (QED) is 0.711. The van der Waals surface area contributed by atoms with Gasteiger partial charge in [0.1, 0.15) is 5.75 Å². The largest absolute Gasteiger partial charge is 0.482 e. The van der Waals surface area contributed by atoms with Crippen molar-refractivity contribution in [2.75, 3.05) is 25.0 Å². The van der Waals surface area contributed by atoms with E-state index in [0.29, 0.717) is 15.8 Å². The number of anilines is 1. The second-order valence-corrected chi connectivity index (χ2v) is 6.41. The highest BCUT2D eigenvalue weighted by molar-refractivity contribution is 6.35. The second-order valence-electron chi connectivity index (χ2n) is 5.57. The summed E-state index contributed by atoms with van der Waals surface area (Å²) in [6, 6.07) is 12.7. The molecule has 0 heterocycles. The van der Waals surface area contributed by atoms with Crippen LogP contribution in [0.3, 0.4) is 0 Å². The molecule has 0 spiro atoms. The number of ether oxygens (including phenoxy) is 1. The number of nitrogens with one attached hydrogen (secondary N) is 1. The first-order valence-electron chi connectivity index (χ1n) is 8.20. The van der Waals surface area contributed by atoms with Crippen molar-refractivity contribution in [2.24, 2.45) is 0 Å². The van der Waals surface area contributed by atoms with Gasteiger partial charge in [-0.1, -0.05) is 49.2 Å². The van der Waals surface area contributed by atoms with Gasteiger partial charge in [0.15, 0.2) is 6.61 Å². The van der Waals surface area contributed by atoms with E-state index in [1.165, 1.54) is 5.56 Å². The first kappa shape index (κ1) is 19.6. The summed E-state index contributed by atoms with van der Waals surface area (Å²) in [7, 11) is 0. The number of rotatable bonds is 8. The first-order valence-corrected chi connectivity index (χ1v) is 8.96. The summed E-state index contributed by atoms with van der Waals surface area (Å²) < 4.78 is 5.42. The van der Waals surface area contributed by atoms with Crippen LogP contribution >= 0.6 is 23.2 Å². The molecule has 134 valence electrons. The Labute approximate surface area is 158 Å². The summed E-state index contributed by atoms with van der Waals surface area (Å²) in [5, 5.41) is 3.70. The van der Waals surface area contributed by atoms with Crippen molar-refractivity contribution in [1.82, 2.24) is 4.90 Å². The first-order chi connectivity index (χ1) is 12.0. The number of hydrogen-bond acceptors (Lipinski definition) is 3. The number of carbonyl (C=O) groups excluding carboxylic acids is 1. The summed E-state index contributed by atoms with van der Waals surface area (Å²) in [6.07, 6.45) is 0. The van der Waals surface area contributed by atoms with E-state index in [4.69, 9.17) is 27.9 Å². The van der Waals surface area contributed by atoms with Gasteiger partial charge in [-0.2, -0.15) is 0 Å². The Morgan fingerprint density at radius 3 is 2.36 bits per heavy atom. The van der Waals surface area contributed by atoms with Crippen molar-refractivity contribution in [3.05, 3.63) is 58.1 Å². The molecule has 25 heavy (non-hydrogen) atoms. The maximum atomic E-state index is 12.0. The topological polar surface area (TPSA) is 41.6 Å². The molecule has 0 radical (unpaired) electrons. The zero-order valence-electron chi connectivity index (χ0n) is 14.4. The number of nitrogens with zero attached hydrogens (tertiary/aromatic N) is 1. The average Bonchev–Trinajstić information content (AvgIpc) is 2.60. The highest BCUT2D eigenvalue weighted by Crippen LogP contribution is 2.27. The van der Waals surface area contributed by atoms with Gasteiger partial charge in [0.05, 0.1) is 5.02 Å². The molecule has 6 heteroatoms. The van der Waals surface area contributed by atoms with Crippen LogP contribution in [0.1, 0.15) is 19.4 Å². The number of halogens is 2. The zero-order valence-corrected chi connectivity index (χ0v) is 15.9. The minimum absolute atomic E-state index is 0.122. The van der Waals surface area contributed by atoms with E-state index in [9.17, 15) is 4.79 Å². The SMILES string of the molecule is CCN(CC)Cc1ccc(NC(=O)COc2ccc(Cl)cc2Cl)cc1. The second kappa shape index (κ2) is 9.66. The van der Waals surface area contributed by atoms with Crippen LogP contribution in [0.15, 0.2) is 42.5 Å². The molecule has 0 aliphatic rings. The maximum absolute atomic E-state index is 12.0. The minimum Gasteiger partial charge on any atom is -0.482 e. The van der Waals surface area contributed by atoms with Crippen molar-refractivity contribution in [1.29, 1.82) is 0 Å². The van der Waals surface area contributed by atoms with Gasteiger partial charge in [0, 0.05) is 17.3 Å². The molecule has 0 atom stereocenters. The van der Waals surface area contributed by atoms with Gasteiger partial charge < -0.3 is 10.1 Å². The van der Waals surface area contributed by atoms with Crippen LogP contribution < -0.4 is 10.1 Å².